The van der Waals surface area contributed by atoms with Crippen LogP contribution in [-0.2, 0) is 0 Å². The molecule has 0 aromatic heterocycles. The first-order valence-corrected chi connectivity index (χ1v) is 6.62. The van der Waals surface area contributed by atoms with E-state index in [1.54, 1.807) is 12.1 Å². The molecule has 94 valence electrons. The maximum absolute atomic E-state index is 13.1. The molecule has 1 aromatic carbocycles. The summed E-state index contributed by atoms with van der Waals surface area (Å²) in [5.41, 5.74) is 0.0495. The Morgan fingerprint density at radius 1 is 1.41 bits per heavy atom. The molecule has 2 rings (SSSR count). The highest BCUT2D eigenvalue weighted by atomic mass is 35.5. The molecule has 0 N–H and O–H groups in total. The number of hydrogen-bond acceptors (Lipinski definition) is 1. The largest absolute Gasteiger partial charge is 0.490 e. The third kappa shape index (κ3) is 2.15. The van der Waals surface area contributed by atoms with E-state index < -0.39 is 0 Å². The van der Waals surface area contributed by atoms with Crippen molar-refractivity contribution in [1.29, 1.82) is 0 Å². The lowest BCUT2D eigenvalue weighted by Crippen LogP contribution is -2.56. The van der Waals surface area contributed by atoms with Gasteiger partial charge in [-0.3, -0.25) is 0 Å². The van der Waals surface area contributed by atoms with Crippen LogP contribution in [0, 0.1) is 11.2 Å². The summed E-state index contributed by atoms with van der Waals surface area (Å²) in [5, 5.41) is 0.177. The van der Waals surface area contributed by atoms with Crippen molar-refractivity contribution in [3.63, 3.8) is 0 Å². The van der Waals surface area contributed by atoms with Gasteiger partial charge in [-0.1, -0.05) is 19.9 Å². The minimum atomic E-state index is -0.261. The van der Waals surface area contributed by atoms with Crippen LogP contribution in [0.4, 0.5) is 4.39 Å². The van der Waals surface area contributed by atoms with Gasteiger partial charge in [0.05, 0.1) is 0 Å². The highest BCUT2D eigenvalue weighted by Gasteiger charge is 2.53. The molecule has 0 aliphatic heterocycles. The van der Waals surface area contributed by atoms with Crippen molar-refractivity contribution in [3.05, 3.63) is 30.1 Å². The summed E-state index contributed by atoms with van der Waals surface area (Å²) in [5.74, 6) is 0.340. The fraction of sp³-hybridized carbons (Fsp3) is 0.571. The maximum atomic E-state index is 13.1. The molecule has 0 saturated heterocycles. The Kier molecular flexibility index (Phi) is 3.62. The fourth-order valence-electron chi connectivity index (χ4n) is 2.72. The van der Waals surface area contributed by atoms with Crippen LogP contribution in [0.3, 0.4) is 0 Å². The summed E-state index contributed by atoms with van der Waals surface area (Å²) in [4.78, 5) is 0. The van der Waals surface area contributed by atoms with Crippen molar-refractivity contribution >= 4 is 11.6 Å². The number of ether oxygens (including phenoxy) is 1. The summed E-state index contributed by atoms with van der Waals surface area (Å²) in [7, 11) is 0. The van der Waals surface area contributed by atoms with Crippen molar-refractivity contribution in [2.75, 3.05) is 0 Å². The van der Waals surface area contributed by atoms with Gasteiger partial charge < -0.3 is 4.74 Å². The lowest BCUT2D eigenvalue weighted by Gasteiger charge is -2.52. The van der Waals surface area contributed by atoms with Crippen molar-refractivity contribution in [2.24, 2.45) is 5.41 Å². The molecule has 0 bridgehead atoms. The van der Waals surface area contributed by atoms with E-state index in [-0.39, 0.29) is 22.7 Å². The predicted molar refractivity (Wildman–Crippen MR) is 68.1 cm³/mol. The first-order valence-electron chi connectivity index (χ1n) is 6.18. The zero-order valence-electron chi connectivity index (χ0n) is 10.2. The highest BCUT2D eigenvalue weighted by molar-refractivity contribution is 6.21. The second kappa shape index (κ2) is 4.85. The van der Waals surface area contributed by atoms with Crippen molar-refractivity contribution < 1.29 is 9.13 Å². The third-order valence-electron chi connectivity index (χ3n) is 4.08. The Bertz CT molecular complexity index is 390. The minimum absolute atomic E-state index is 0.0495. The molecule has 0 radical (unpaired) electrons. The van der Waals surface area contributed by atoms with Gasteiger partial charge in [-0.2, -0.15) is 0 Å². The van der Waals surface area contributed by atoms with Crippen LogP contribution in [0.1, 0.15) is 33.1 Å². The van der Waals surface area contributed by atoms with Crippen LogP contribution in [-0.4, -0.2) is 11.5 Å². The van der Waals surface area contributed by atoms with E-state index in [9.17, 15) is 4.39 Å². The average Bonchev–Trinajstić information content (AvgIpc) is 2.30. The second-order valence-electron chi connectivity index (χ2n) is 4.71. The molecule has 1 aromatic rings. The average molecular weight is 257 g/mol. The van der Waals surface area contributed by atoms with Crippen LogP contribution < -0.4 is 4.74 Å². The smallest absolute Gasteiger partial charge is 0.126 e. The van der Waals surface area contributed by atoms with E-state index in [0.29, 0.717) is 5.75 Å². The molecule has 1 nitrogen and oxygen atoms in total. The fourth-order valence-corrected chi connectivity index (χ4v) is 3.33. The first kappa shape index (κ1) is 12.7. The Morgan fingerprint density at radius 2 is 2.12 bits per heavy atom. The summed E-state index contributed by atoms with van der Waals surface area (Å²) in [6.07, 6.45) is 2.96. The minimum Gasteiger partial charge on any atom is -0.490 e. The SMILES string of the molecule is CCC1(CC)C(Cl)CC1Oc1cccc(F)c1. The summed E-state index contributed by atoms with van der Waals surface area (Å²) in [6, 6.07) is 6.31. The quantitative estimate of drug-likeness (QED) is 0.726. The topological polar surface area (TPSA) is 9.23 Å². The number of benzene rings is 1. The Morgan fingerprint density at radius 3 is 2.65 bits per heavy atom. The predicted octanol–water partition coefficient (Wildman–Crippen LogP) is 4.39. The molecule has 0 heterocycles. The summed E-state index contributed by atoms with van der Waals surface area (Å²) >= 11 is 6.31. The molecular formula is C14H18ClFO. The van der Waals surface area contributed by atoms with Gasteiger partial charge in [-0.15, -0.1) is 11.6 Å². The van der Waals surface area contributed by atoms with Gasteiger partial charge in [-0.05, 0) is 25.0 Å². The monoisotopic (exact) mass is 256 g/mol. The lowest BCUT2D eigenvalue weighted by atomic mass is 9.62. The van der Waals surface area contributed by atoms with Gasteiger partial charge in [0.2, 0.25) is 0 Å². The van der Waals surface area contributed by atoms with E-state index in [1.807, 2.05) is 0 Å². The van der Waals surface area contributed by atoms with Gasteiger partial charge in [0.15, 0.2) is 0 Å². The van der Waals surface area contributed by atoms with Gasteiger partial charge in [0, 0.05) is 23.3 Å². The number of alkyl halides is 1. The molecule has 1 fully saturated rings. The van der Waals surface area contributed by atoms with Gasteiger partial charge in [0.1, 0.15) is 17.7 Å². The molecule has 2 atom stereocenters. The van der Waals surface area contributed by atoms with E-state index in [2.05, 4.69) is 13.8 Å². The Labute approximate surface area is 107 Å². The third-order valence-corrected chi connectivity index (χ3v) is 4.69. The molecule has 0 spiro atoms. The van der Waals surface area contributed by atoms with E-state index in [1.165, 1.54) is 12.1 Å². The summed E-state index contributed by atoms with van der Waals surface area (Å²) in [6.45, 7) is 4.28. The molecule has 1 saturated carbocycles. The van der Waals surface area contributed by atoms with Crippen molar-refractivity contribution in [2.45, 2.75) is 44.6 Å². The zero-order valence-corrected chi connectivity index (χ0v) is 11.0. The van der Waals surface area contributed by atoms with E-state index in [4.69, 9.17) is 16.3 Å². The van der Waals surface area contributed by atoms with Crippen LogP contribution >= 0.6 is 11.6 Å². The maximum Gasteiger partial charge on any atom is 0.126 e. The van der Waals surface area contributed by atoms with Crippen LogP contribution in [0.5, 0.6) is 5.75 Å². The standard InChI is InChI=1S/C14H18ClFO/c1-3-14(4-2)12(15)9-13(14)17-11-7-5-6-10(16)8-11/h5-8,12-13H,3-4,9H2,1-2H3. The molecule has 1 aliphatic carbocycles. The lowest BCUT2D eigenvalue weighted by molar-refractivity contribution is -0.0463. The number of hydrogen-bond donors (Lipinski definition) is 0. The van der Waals surface area contributed by atoms with Crippen LogP contribution in [0.2, 0.25) is 0 Å². The van der Waals surface area contributed by atoms with Crippen LogP contribution in [0.15, 0.2) is 24.3 Å². The molecule has 17 heavy (non-hydrogen) atoms. The van der Waals surface area contributed by atoms with Gasteiger partial charge >= 0.3 is 0 Å². The second-order valence-corrected chi connectivity index (χ2v) is 5.23. The van der Waals surface area contributed by atoms with E-state index >= 15 is 0 Å². The van der Waals surface area contributed by atoms with Gasteiger partial charge in [0.25, 0.3) is 0 Å². The molecule has 3 heteroatoms. The highest BCUT2D eigenvalue weighted by Crippen LogP contribution is 2.51. The van der Waals surface area contributed by atoms with Crippen molar-refractivity contribution in [1.82, 2.24) is 0 Å². The molecule has 2 unspecified atom stereocenters. The Balaban J connectivity index is 2.10. The number of rotatable bonds is 4. The number of halogens is 2. The van der Waals surface area contributed by atoms with E-state index in [0.717, 1.165) is 19.3 Å². The normalized spacial score (nSPS) is 26.4. The Hall–Kier alpha value is -0.760. The summed E-state index contributed by atoms with van der Waals surface area (Å²) < 4.78 is 18.9. The van der Waals surface area contributed by atoms with Crippen LogP contribution in [0.25, 0.3) is 0 Å². The molecular weight excluding hydrogens is 239 g/mol. The van der Waals surface area contributed by atoms with Crippen molar-refractivity contribution in [3.8, 4) is 5.75 Å². The zero-order chi connectivity index (χ0) is 12.5. The molecule has 0 amide bonds. The van der Waals surface area contributed by atoms with Gasteiger partial charge in [-0.25, -0.2) is 4.39 Å². The molecule has 1 aliphatic rings. The first-order chi connectivity index (χ1) is 8.12.